The van der Waals surface area contributed by atoms with Crippen molar-refractivity contribution in [2.45, 2.75) is 60.0 Å². The summed E-state index contributed by atoms with van der Waals surface area (Å²) < 4.78 is 4.98. The van der Waals surface area contributed by atoms with E-state index < -0.39 is 0 Å². The average Bonchev–Trinajstić information content (AvgIpc) is 2.29. The number of ether oxygens (including phenoxy) is 1. The van der Waals surface area contributed by atoms with Crippen LogP contribution in [0.25, 0.3) is 0 Å². The van der Waals surface area contributed by atoms with Gasteiger partial charge >= 0.3 is 0 Å². The zero-order valence-corrected chi connectivity index (χ0v) is 10.7. The SMILES string of the molecule is CC(CC1CCC(C)(C)C1(C)C)OC=O. The molecule has 0 bridgehead atoms. The summed E-state index contributed by atoms with van der Waals surface area (Å²) in [7, 11) is 0. The molecule has 0 amide bonds. The summed E-state index contributed by atoms with van der Waals surface area (Å²) in [5, 5.41) is 0. The summed E-state index contributed by atoms with van der Waals surface area (Å²) in [6, 6.07) is 0. The van der Waals surface area contributed by atoms with Crippen LogP contribution >= 0.6 is 0 Å². The molecule has 0 aromatic heterocycles. The lowest BCUT2D eigenvalue weighted by atomic mass is 9.66. The summed E-state index contributed by atoms with van der Waals surface area (Å²) in [6.07, 6.45) is 3.58. The Kier molecular flexibility index (Phi) is 3.47. The van der Waals surface area contributed by atoms with Crippen LogP contribution in [-0.4, -0.2) is 12.6 Å². The molecule has 0 aliphatic heterocycles. The first kappa shape index (κ1) is 12.5. The van der Waals surface area contributed by atoms with Gasteiger partial charge in [-0.2, -0.15) is 0 Å². The molecule has 15 heavy (non-hydrogen) atoms. The maximum absolute atomic E-state index is 10.3. The van der Waals surface area contributed by atoms with Crippen LogP contribution in [0.3, 0.4) is 0 Å². The van der Waals surface area contributed by atoms with E-state index >= 15 is 0 Å². The number of carbonyl (C=O) groups excluding carboxylic acids is 1. The highest BCUT2D eigenvalue weighted by molar-refractivity contribution is 5.37. The second-order valence-corrected chi connectivity index (χ2v) is 6.12. The van der Waals surface area contributed by atoms with E-state index in [1.54, 1.807) is 0 Å². The Morgan fingerprint density at radius 3 is 2.40 bits per heavy atom. The molecule has 2 nitrogen and oxygen atoms in total. The monoisotopic (exact) mass is 212 g/mol. The van der Waals surface area contributed by atoms with Gasteiger partial charge in [-0.15, -0.1) is 0 Å². The quantitative estimate of drug-likeness (QED) is 0.668. The van der Waals surface area contributed by atoms with Crippen LogP contribution in [0, 0.1) is 16.7 Å². The molecule has 0 aromatic carbocycles. The van der Waals surface area contributed by atoms with E-state index in [0.717, 1.165) is 6.42 Å². The van der Waals surface area contributed by atoms with Gasteiger partial charge in [-0.1, -0.05) is 27.7 Å². The van der Waals surface area contributed by atoms with Crippen molar-refractivity contribution in [3.63, 3.8) is 0 Å². The van der Waals surface area contributed by atoms with Crippen molar-refractivity contribution in [1.29, 1.82) is 0 Å². The van der Waals surface area contributed by atoms with Crippen molar-refractivity contribution in [3.05, 3.63) is 0 Å². The second kappa shape index (κ2) is 4.15. The molecule has 2 atom stereocenters. The van der Waals surface area contributed by atoms with Crippen molar-refractivity contribution in [2.75, 3.05) is 0 Å². The van der Waals surface area contributed by atoms with Crippen LogP contribution in [0.1, 0.15) is 53.9 Å². The first-order chi connectivity index (χ1) is 6.81. The predicted octanol–water partition coefficient (Wildman–Crippen LogP) is 3.40. The Balaban J connectivity index is 2.62. The minimum Gasteiger partial charge on any atom is -0.465 e. The van der Waals surface area contributed by atoms with E-state index in [4.69, 9.17) is 4.74 Å². The van der Waals surface area contributed by atoms with Crippen molar-refractivity contribution >= 4 is 6.47 Å². The molecular formula is C13H24O2. The topological polar surface area (TPSA) is 26.3 Å². The van der Waals surface area contributed by atoms with Crippen LogP contribution in [0.5, 0.6) is 0 Å². The fourth-order valence-electron chi connectivity index (χ4n) is 2.73. The Bertz CT molecular complexity index is 231. The van der Waals surface area contributed by atoms with Crippen molar-refractivity contribution in [1.82, 2.24) is 0 Å². The molecule has 2 heteroatoms. The van der Waals surface area contributed by atoms with Gasteiger partial charge < -0.3 is 4.74 Å². The maximum atomic E-state index is 10.3. The van der Waals surface area contributed by atoms with E-state index in [9.17, 15) is 4.79 Å². The largest absolute Gasteiger partial charge is 0.465 e. The lowest BCUT2D eigenvalue weighted by Gasteiger charge is -2.39. The van der Waals surface area contributed by atoms with E-state index in [2.05, 4.69) is 27.7 Å². The summed E-state index contributed by atoms with van der Waals surface area (Å²) in [5.41, 5.74) is 0.742. The molecule has 0 spiro atoms. The summed E-state index contributed by atoms with van der Waals surface area (Å²) in [6.45, 7) is 11.9. The van der Waals surface area contributed by atoms with Gasteiger partial charge in [0.2, 0.25) is 0 Å². The zero-order valence-electron chi connectivity index (χ0n) is 10.7. The van der Waals surface area contributed by atoms with Crippen molar-refractivity contribution < 1.29 is 9.53 Å². The normalized spacial score (nSPS) is 29.8. The van der Waals surface area contributed by atoms with Gasteiger partial charge in [0.1, 0.15) is 0 Å². The lowest BCUT2D eigenvalue weighted by molar-refractivity contribution is -0.133. The van der Waals surface area contributed by atoms with Crippen molar-refractivity contribution in [2.24, 2.45) is 16.7 Å². The van der Waals surface area contributed by atoms with Crippen LogP contribution in [0.15, 0.2) is 0 Å². The minimum atomic E-state index is 0.0562. The van der Waals surface area contributed by atoms with E-state index in [1.165, 1.54) is 12.8 Å². The van der Waals surface area contributed by atoms with Gasteiger partial charge in [-0.3, -0.25) is 4.79 Å². The van der Waals surface area contributed by atoms with E-state index in [-0.39, 0.29) is 6.10 Å². The highest BCUT2D eigenvalue weighted by Gasteiger charge is 2.48. The van der Waals surface area contributed by atoms with Crippen LogP contribution < -0.4 is 0 Å². The van der Waals surface area contributed by atoms with Gasteiger partial charge in [-0.25, -0.2) is 0 Å². The third-order valence-electron chi connectivity index (χ3n) is 4.79. The molecule has 1 aliphatic rings. The smallest absolute Gasteiger partial charge is 0.293 e. The molecule has 1 fully saturated rings. The Morgan fingerprint density at radius 2 is 2.00 bits per heavy atom. The van der Waals surface area contributed by atoms with E-state index in [1.807, 2.05) is 6.92 Å². The molecule has 2 unspecified atom stereocenters. The van der Waals surface area contributed by atoms with Crippen molar-refractivity contribution in [3.8, 4) is 0 Å². The first-order valence-corrected chi connectivity index (χ1v) is 5.90. The third kappa shape index (κ3) is 2.35. The van der Waals surface area contributed by atoms with Gasteiger partial charge in [0.15, 0.2) is 0 Å². The van der Waals surface area contributed by atoms with Gasteiger partial charge in [0.05, 0.1) is 6.10 Å². The van der Waals surface area contributed by atoms with Crippen LogP contribution in [0.2, 0.25) is 0 Å². The highest BCUT2D eigenvalue weighted by Crippen LogP contribution is 2.56. The molecular weight excluding hydrogens is 188 g/mol. The minimum absolute atomic E-state index is 0.0562. The van der Waals surface area contributed by atoms with Gasteiger partial charge in [-0.05, 0) is 42.9 Å². The molecule has 0 aromatic rings. The second-order valence-electron chi connectivity index (χ2n) is 6.12. The molecule has 88 valence electrons. The molecule has 0 heterocycles. The van der Waals surface area contributed by atoms with Gasteiger partial charge in [0, 0.05) is 0 Å². The molecule has 1 rings (SSSR count). The summed E-state index contributed by atoms with van der Waals surface area (Å²) in [4.78, 5) is 10.3. The number of hydrogen-bond donors (Lipinski definition) is 0. The zero-order chi connectivity index (χ0) is 11.7. The molecule has 1 aliphatic carbocycles. The summed E-state index contributed by atoms with van der Waals surface area (Å²) >= 11 is 0. The highest BCUT2D eigenvalue weighted by atomic mass is 16.5. The van der Waals surface area contributed by atoms with Crippen LogP contribution in [-0.2, 0) is 9.53 Å². The Morgan fingerprint density at radius 1 is 1.40 bits per heavy atom. The maximum Gasteiger partial charge on any atom is 0.293 e. The fourth-order valence-corrected chi connectivity index (χ4v) is 2.73. The third-order valence-corrected chi connectivity index (χ3v) is 4.79. The Hall–Kier alpha value is -0.530. The Labute approximate surface area is 93.4 Å². The molecule has 1 saturated carbocycles. The summed E-state index contributed by atoms with van der Waals surface area (Å²) in [5.74, 6) is 0.669. The number of rotatable bonds is 4. The lowest BCUT2D eigenvalue weighted by Crippen LogP contribution is -2.33. The molecule has 0 N–H and O–H groups in total. The van der Waals surface area contributed by atoms with Crippen LogP contribution in [0.4, 0.5) is 0 Å². The molecule has 0 radical (unpaired) electrons. The fraction of sp³-hybridized carbons (Fsp3) is 0.923. The first-order valence-electron chi connectivity index (χ1n) is 5.90. The predicted molar refractivity (Wildman–Crippen MR) is 61.5 cm³/mol. The van der Waals surface area contributed by atoms with Gasteiger partial charge in [0.25, 0.3) is 6.47 Å². The number of hydrogen-bond acceptors (Lipinski definition) is 2. The number of carbonyl (C=O) groups is 1. The van der Waals surface area contributed by atoms with E-state index in [0.29, 0.717) is 23.2 Å². The standard InChI is InChI=1S/C13H24O2/c1-10(15-9-14)8-11-6-7-12(2,3)13(11,4)5/h9-11H,6-8H2,1-5H3. The molecule has 0 saturated heterocycles. The average molecular weight is 212 g/mol.